The van der Waals surface area contributed by atoms with Crippen molar-refractivity contribution in [3.63, 3.8) is 0 Å². The Balaban J connectivity index is 1.53. The zero-order chi connectivity index (χ0) is 27.4. The maximum absolute atomic E-state index is 14.0. The summed E-state index contributed by atoms with van der Waals surface area (Å²) in [5.74, 6) is 0.326. The minimum absolute atomic E-state index is 0.0614. The van der Waals surface area contributed by atoms with Crippen LogP contribution in [0, 0.1) is 6.92 Å². The van der Waals surface area contributed by atoms with Crippen LogP contribution in [0.1, 0.15) is 42.1 Å². The molecular formula is C31H31N5O3. The second kappa shape index (κ2) is 11.3. The van der Waals surface area contributed by atoms with Crippen molar-refractivity contribution in [2.45, 2.75) is 39.5 Å². The smallest absolute Gasteiger partial charge is 0.358 e. The summed E-state index contributed by atoms with van der Waals surface area (Å²) in [5, 5.41) is 6.97. The van der Waals surface area contributed by atoms with E-state index >= 15 is 0 Å². The van der Waals surface area contributed by atoms with Crippen LogP contribution in [0.3, 0.4) is 0 Å². The Hall–Kier alpha value is -4.72. The molecule has 0 bridgehead atoms. The van der Waals surface area contributed by atoms with E-state index in [1.54, 1.807) is 11.6 Å². The van der Waals surface area contributed by atoms with Crippen LogP contribution in [0.15, 0.2) is 86.9 Å². The van der Waals surface area contributed by atoms with Gasteiger partial charge in [0.15, 0.2) is 5.82 Å². The third kappa shape index (κ3) is 5.45. The first-order chi connectivity index (χ1) is 19.0. The number of unbranched alkanes of at least 4 members (excludes halogenated alkanes) is 1. The number of hydrogen-bond acceptors (Lipinski definition) is 6. The molecule has 0 unspecified atom stereocenters. The van der Waals surface area contributed by atoms with E-state index in [2.05, 4.69) is 22.4 Å². The van der Waals surface area contributed by atoms with E-state index in [9.17, 15) is 9.59 Å². The number of nitrogens with one attached hydrogen (secondary N) is 2. The summed E-state index contributed by atoms with van der Waals surface area (Å²) in [7, 11) is 1.79. The van der Waals surface area contributed by atoms with Crippen molar-refractivity contribution in [1.82, 2.24) is 19.7 Å². The Morgan fingerprint density at radius 2 is 1.67 bits per heavy atom. The van der Waals surface area contributed by atoms with Crippen molar-refractivity contribution in [2.24, 2.45) is 0 Å². The molecule has 198 valence electrons. The Kier molecular flexibility index (Phi) is 7.54. The van der Waals surface area contributed by atoms with Crippen LogP contribution in [0.5, 0.6) is 0 Å². The van der Waals surface area contributed by atoms with Crippen molar-refractivity contribution >= 4 is 5.95 Å². The lowest BCUT2D eigenvalue weighted by atomic mass is 9.96. The summed E-state index contributed by atoms with van der Waals surface area (Å²) < 4.78 is 6.37. The van der Waals surface area contributed by atoms with Gasteiger partial charge >= 0.3 is 5.76 Å². The van der Waals surface area contributed by atoms with Crippen molar-refractivity contribution in [3.8, 4) is 28.2 Å². The van der Waals surface area contributed by atoms with E-state index in [1.165, 1.54) is 0 Å². The highest BCUT2D eigenvalue weighted by Crippen LogP contribution is 2.30. The third-order valence-corrected chi connectivity index (χ3v) is 6.81. The minimum atomic E-state index is -0.594. The normalized spacial score (nSPS) is 11.1. The highest BCUT2D eigenvalue weighted by molar-refractivity contribution is 5.80. The summed E-state index contributed by atoms with van der Waals surface area (Å²) in [4.78, 5) is 33.0. The SMILES string of the molecule is CCCCc1nc(NC)n(-c2ccc(C)cc2)c(=O)c1Cc1ccc(-c2ccccc2-c2noc(=O)[nH]2)cc1. The summed E-state index contributed by atoms with van der Waals surface area (Å²) in [5.41, 5.74) is 7.04. The molecule has 8 nitrogen and oxygen atoms in total. The van der Waals surface area contributed by atoms with Gasteiger partial charge in [0.25, 0.3) is 5.56 Å². The van der Waals surface area contributed by atoms with Gasteiger partial charge in [-0.15, -0.1) is 0 Å². The molecular weight excluding hydrogens is 490 g/mol. The molecule has 0 fully saturated rings. The average molecular weight is 522 g/mol. The quantitative estimate of drug-likeness (QED) is 0.264. The lowest BCUT2D eigenvalue weighted by molar-refractivity contribution is 0.388. The first-order valence-electron chi connectivity index (χ1n) is 13.1. The van der Waals surface area contributed by atoms with Crippen LogP contribution in [-0.2, 0) is 12.8 Å². The molecule has 5 rings (SSSR count). The standard InChI is InChI=1S/C31H31N5O3/c1-4-5-10-27-26(29(37)36(30(32-3)33-27)23-17-11-20(2)12-18-23)19-21-13-15-22(16-14-21)24-8-6-7-9-25(24)28-34-31(38)39-35-28/h6-9,11-18H,4-5,10,19H2,1-3H3,(H,32,33)(H,34,35,38). The summed E-state index contributed by atoms with van der Waals surface area (Å²) >= 11 is 0. The van der Waals surface area contributed by atoms with Crippen molar-refractivity contribution < 1.29 is 4.52 Å². The van der Waals surface area contributed by atoms with Crippen molar-refractivity contribution in [3.05, 3.63) is 116 Å². The molecule has 0 radical (unpaired) electrons. The Labute approximate surface area is 226 Å². The Morgan fingerprint density at radius 1 is 0.949 bits per heavy atom. The number of benzene rings is 3. The molecule has 5 aromatic rings. The minimum Gasteiger partial charge on any atom is -0.358 e. The molecule has 2 heterocycles. The number of anilines is 1. The topological polar surface area (TPSA) is 106 Å². The van der Waals surface area contributed by atoms with Gasteiger partial charge in [-0.05, 0) is 48.6 Å². The molecule has 0 atom stereocenters. The number of H-pyrrole nitrogens is 1. The molecule has 39 heavy (non-hydrogen) atoms. The maximum atomic E-state index is 14.0. The molecule has 0 aliphatic heterocycles. The van der Waals surface area contributed by atoms with Crippen LogP contribution in [0.25, 0.3) is 28.2 Å². The van der Waals surface area contributed by atoms with E-state index in [4.69, 9.17) is 9.51 Å². The predicted octanol–water partition coefficient (Wildman–Crippen LogP) is 5.53. The van der Waals surface area contributed by atoms with Crippen LogP contribution in [-0.4, -0.2) is 26.7 Å². The number of hydrogen-bond donors (Lipinski definition) is 2. The van der Waals surface area contributed by atoms with Gasteiger partial charge in [0, 0.05) is 24.6 Å². The molecule has 8 heteroatoms. The highest BCUT2D eigenvalue weighted by Gasteiger charge is 2.18. The van der Waals surface area contributed by atoms with E-state index in [-0.39, 0.29) is 5.56 Å². The Bertz CT molecular complexity index is 1700. The van der Waals surface area contributed by atoms with Crippen molar-refractivity contribution in [2.75, 3.05) is 12.4 Å². The highest BCUT2D eigenvalue weighted by atomic mass is 16.5. The fourth-order valence-corrected chi connectivity index (χ4v) is 4.72. The van der Waals surface area contributed by atoms with E-state index in [1.807, 2.05) is 79.7 Å². The molecule has 2 aromatic heterocycles. The average Bonchev–Trinajstić information content (AvgIpc) is 3.40. The predicted molar refractivity (Wildman–Crippen MR) is 154 cm³/mol. The van der Waals surface area contributed by atoms with Gasteiger partial charge in [0.2, 0.25) is 5.95 Å². The summed E-state index contributed by atoms with van der Waals surface area (Å²) in [6.45, 7) is 4.16. The lowest BCUT2D eigenvalue weighted by Crippen LogP contribution is -2.28. The lowest BCUT2D eigenvalue weighted by Gasteiger charge is -2.17. The second-order valence-electron chi connectivity index (χ2n) is 9.55. The maximum Gasteiger partial charge on any atom is 0.439 e. The van der Waals surface area contributed by atoms with E-state index in [0.29, 0.717) is 23.8 Å². The van der Waals surface area contributed by atoms with Gasteiger partial charge in [-0.3, -0.25) is 14.3 Å². The number of aromatic amines is 1. The molecule has 0 aliphatic carbocycles. The molecule has 2 N–H and O–H groups in total. The van der Waals surface area contributed by atoms with Gasteiger partial charge in [-0.25, -0.2) is 14.3 Å². The molecule has 0 saturated heterocycles. The summed E-state index contributed by atoms with van der Waals surface area (Å²) in [6, 6.07) is 23.7. The monoisotopic (exact) mass is 521 g/mol. The first kappa shape index (κ1) is 25.9. The number of aromatic nitrogens is 4. The van der Waals surface area contributed by atoms with Gasteiger partial charge in [0.1, 0.15) is 0 Å². The van der Waals surface area contributed by atoms with Gasteiger partial charge in [-0.2, -0.15) is 0 Å². The largest absolute Gasteiger partial charge is 0.439 e. The fourth-order valence-electron chi connectivity index (χ4n) is 4.72. The molecule has 0 saturated carbocycles. The number of nitrogens with zero attached hydrogens (tertiary/aromatic N) is 3. The van der Waals surface area contributed by atoms with Crippen molar-refractivity contribution in [1.29, 1.82) is 0 Å². The van der Waals surface area contributed by atoms with Crippen LogP contribution < -0.4 is 16.6 Å². The van der Waals surface area contributed by atoms with Gasteiger partial charge in [-0.1, -0.05) is 84.7 Å². The summed E-state index contributed by atoms with van der Waals surface area (Å²) in [6.07, 6.45) is 3.18. The van der Waals surface area contributed by atoms with Gasteiger partial charge in [0.05, 0.1) is 11.4 Å². The molecule has 0 spiro atoms. The zero-order valence-electron chi connectivity index (χ0n) is 22.3. The van der Waals surface area contributed by atoms with E-state index in [0.717, 1.165) is 58.5 Å². The molecule has 3 aromatic carbocycles. The fraction of sp³-hybridized carbons (Fsp3) is 0.226. The second-order valence-corrected chi connectivity index (χ2v) is 9.55. The van der Waals surface area contributed by atoms with E-state index < -0.39 is 5.76 Å². The third-order valence-electron chi connectivity index (χ3n) is 6.81. The molecule has 0 amide bonds. The Morgan fingerprint density at radius 3 is 2.31 bits per heavy atom. The first-order valence-corrected chi connectivity index (χ1v) is 13.1. The van der Waals surface area contributed by atoms with Crippen LogP contribution >= 0.6 is 0 Å². The van der Waals surface area contributed by atoms with Crippen LogP contribution in [0.4, 0.5) is 5.95 Å². The van der Waals surface area contributed by atoms with Gasteiger partial charge < -0.3 is 5.32 Å². The molecule has 0 aliphatic rings. The number of aryl methyl sites for hydroxylation is 2. The zero-order valence-corrected chi connectivity index (χ0v) is 22.3. The van der Waals surface area contributed by atoms with Crippen LogP contribution in [0.2, 0.25) is 0 Å². The number of rotatable bonds is 9.